The van der Waals surface area contributed by atoms with Crippen molar-refractivity contribution in [2.45, 2.75) is 25.0 Å². The predicted octanol–water partition coefficient (Wildman–Crippen LogP) is 0.0787. The maximum Gasteiger partial charge on any atom is 0.322 e. The van der Waals surface area contributed by atoms with E-state index in [9.17, 15) is 18.3 Å². The molecule has 6 nitrogen and oxygen atoms in total. The molecule has 110 valence electrons. The Morgan fingerprint density at radius 1 is 1.30 bits per heavy atom. The number of hydrogen-bond acceptors (Lipinski definition) is 4. The van der Waals surface area contributed by atoms with Crippen molar-refractivity contribution in [3.8, 4) is 0 Å². The SMILES string of the molecule is O=C(O)C1CC(O)CN1S(=O)(=O)CCc1ccccc1. The molecule has 0 aromatic heterocycles. The van der Waals surface area contributed by atoms with Crippen molar-refractivity contribution < 1.29 is 23.4 Å². The fraction of sp³-hybridized carbons (Fsp3) is 0.462. The number of aliphatic carboxylic acids is 1. The maximum absolute atomic E-state index is 12.2. The molecular weight excluding hydrogens is 282 g/mol. The van der Waals surface area contributed by atoms with E-state index in [4.69, 9.17) is 5.11 Å². The quantitative estimate of drug-likeness (QED) is 0.803. The van der Waals surface area contributed by atoms with Gasteiger partial charge in [0.2, 0.25) is 10.0 Å². The highest BCUT2D eigenvalue weighted by molar-refractivity contribution is 7.89. The smallest absolute Gasteiger partial charge is 0.322 e. The first-order chi connectivity index (χ1) is 9.40. The van der Waals surface area contributed by atoms with E-state index >= 15 is 0 Å². The molecule has 0 spiro atoms. The summed E-state index contributed by atoms with van der Waals surface area (Å²) >= 11 is 0. The Balaban J connectivity index is 2.08. The third kappa shape index (κ3) is 3.36. The van der Waals surface area contributed by atoms with Crippen molar-refractivity contribution in [3.05, 3.63) is 35.9 Å². The molecule has 2 unspecified atom stereocenters. The average Bonchev–Trinajstić information content (AvgIpc) is 2.81. The van der Waals surface area contributed by atoms with Gasteiger partial charge in [-0.2, -0.15) is 4.31 Å². The van der Waals surface area contributed by atoms with E-state index in [0.29, 0.717) is 6.42 Å². The number of aryl methyl sites for hydroxylation is 1. The number of sulfonamides is 1. The predicted molar refractivity (Wildman–Crippen MR) is 72.7 cm³/mol. The van der Waals surface area contributed by atoms with Crippen molar-refractivity contribution in [3.63, 3.8) is 0 Å². The number of β-amino-alcohol motifs (C(OH)–C–C–N with tert-alkyl or cyclic N) is 1. The van der Waals surface area contributed by atoms with Gasteiger partial charge in [-0.05, 0) is 12.0 Å². The van der Waals surface area contributed by atoms with E-state index in [-0.39, 0.29) is 18.7 Å². The molecule has 2 rings (SSSR count). The normalized spacial score (nSPS) is 23.9. The van der Waals surface area contributed by atoms with Crippen molar-refractivity contribution in [1.29, 1.82) is 0 Å². The number of rotatable bonds is 5. The molecule has 1 aliphatic heterocycles. The topological polar surface area (TPSA) is 94.9 Å². The van der Waals surface area contributed by atoms with Gasteiger partial charge in [-0.25, -0.2) is 8.42 Å². The molecular formula is C13H17NO5S. The molecule has 1 aliphatic rings. The Morgan fingerprint density at radius 2 is 1.95 bits per heavy atom. The lowest BCUT2D eigenvalue weighted by molar-refractivity contribution is -0.140. The maximum atomic E-state index is 12.2. The van der Waals surface area contributed by atoms with E-state index < -0.39 is 28.1 Å². The Labute approximate surface area is 117 Å². The fourth-order valence-corrected chi connectivity index (χ4v) is 4.02. The molecule has 20 heavy (non-hydrogen) atoms. The third-order valence-electron chi connectivity index (χ3n) is 3.37. The summed E-state index contributed by atoms with van der Waals surface area (Å²) in [4.78, 5) is 11.1. The summed E-state index contributed by atoms with van der Waals surface area (Å²) in [5.41, 5.74) is 0.877. The van der Waals surface area contributed by atoms with Crippen LogP contribution in [0.1, 0.15) is 12.0 Å². The van der Waals surface area contributed by atoms with Gasteiger partial charge >= 0.3 is 5.97 Å². The first-order valence-corrected chi connectivity index (χ1v) is 7.95. The average molecular weight is 299 g/mol. The second kappa shape index (κ2) is 5.90. The minimum atomic E-state index is -3.69. The fourth-order valence-electron chi connectivity index (χ4n) is 2.32. The molecule has 7 heteroatoms. The number of carboxylic acid groups (broad SMARTS) is 1. The van der Waals surface area contributed by atoms with Crippen LogP contribution < -0.4 is 0 Å². The summed E-state index contributed by atoms with van der Waals surface area (Å²) in [6, 6.07) is 7.97. The summed E-state index contributed by atoms with van der Waals surface area (Å²) in [5.74, 6) is -1.38. The van der Waals surface area contributed by atoms with Gasteiger partial charge in [-0.1, -0.05) is 30.3 Å². The third-order valence-corrected chi connectivity index (χ3v) is 5.21. The minimum absolute atomic E-state index is 0.0557. The highest BCUT2D eigenvalue weighted by Gasteiger charge is 2.42. The van der Waals surface area contributed by atoms with Crippen LogP contribution in [0.2, 0.25) is 0 Å². The lowest BCUT2D eigenvalue weighted by atomic mass is 10.2. The van der Waals surface area contributed by atoms with Crippen LogP contribution in [0.5, 0.6) is 0 Å². The Hall–Kier alpha value is -1.44. The molecule has 2 atom stereocenters. The second-order valence-electron chi connectivity index (χ2n) is 4.86. The Bertz CT molecular complexity index is 572. The lowest BCUT2D eigenvalue weighted by Crippen LogP contribution is -2.42. The molecule has 0 amide bonds. The van der Waals surface area contributed by atoms with Crippen molar-refractivity contribution >= 4 is 16.0 Å². The molecule has 2 N–H and O–H groups in total. The van der Waals surface area contributed by atoms with Crippen LogP contribution >= 0.6 is 0 Å². The Kier molecular flexibility index (Phi) is 4.42. The second-order valence-corrected chi connectivity index (χ2v) is 6.91. The Morgan fingerprint density at radius 3 is 2.55 bits per heavy atom. The molecule has 1 aromatic carbocycles. The number of carboxylic acids is 1. The summed E-state index contributed by atoms with van der Waals surface area (Å²) in [7, 11) is -3.69. The van der Waals surface area contributed by atoms with Crippen LogP contribution in [0.3, 0.4) is 0 Å². The zero-order valence-corrected chi connectivity index (χ0v) is 11.7. The van der Waals surface area contributed by atoms with E-state index in [1.165, 1.54) is 0 Å². The summed E-state index contributed by atoms with van der Waals surface area (Å²) in [5, 5.41) is 18.5. The van der Waals surface area contributed by atoms with E-state index in [0.717, 1.165) is 9.87 Å². The highest BCUT2D eigenvalue weighted by atomic mass is 32.2. The molecule has 1 saturated heterocycles. The van der Waals surface area contributed by atoms with Crippen LogP contribution in [0.15, 0.2) is 30.3 Å². The first kappa shape index (κ1) is 15.0. The minimum Gasteiger partial charge on any atom is -0.480 e. The van der Waals surface area contributed by atoms with Gasteiger partial charge in [-0.3, -0.25) is 4.79 Å². The van der Waals surface area contributed by atoms with Crippen molar-refractivity contribution in [2.75, 3.05) is 12.3 Å². The number of aliphatic hydroxyl groups is 1. The first-order valence-electron chi connectivity index (χ1n) is 6.34. The van der Waals surface area contributed by atoms with E-state index in [1.54, 1.807) is 0 Å². The van der Waals surface area contributed by atoms with Crippen LogP contribution in [0, 0.1) is 0 Å². The summed E-state index contributed by atoms with van der Waals surface area (Å²) < 4.78 is 25.3. The van der Waals surface area contributed by atoms with Crippen molar-refractivity contribution in [1.82, 2.24) is 4.31 Å². The molecule has 0 radical (unpaired) electrons. The van der Waals surface area contributed by atoms with Crippen LogP contribution in [0.25, 0.3) is 0 Å². The van der Waals surface area contributed by atoms with E-state index in [1.807, 2.05) is 30.3 Å². The van der Waals surface area contributed by atoms with Crippen LogP contribution in [0.4, 0.5) is 0 Å². The van der Waals surface area contributed by atoms with Gasteiger partial charge in [0.1, 0.15) is 6.04 Å². The zero-order chi connectivity index (χ0) is 14.8. The zero-order valence-electron chi connectivity index (χ0n) is 10.8. The number of hydrogen-bond donors (Lipinski definition) is 2. The van der Waals surface area contributed by atoms with Gasteiger partial charge in [-0.15, -0.1) is 0 Å². The van der Waals surface area contributed by atoms with Crippen molar-refractivity contribution in [2.24, 2.45) is 0 Å². The van der Waals surface area contributed by atoms with Gasteiger partial charge in [0.15, 0.2) is 0 Å². The van der Waals surface area contributed by atoms with Crippen LogP contribution in [-0.2, 0) is 21.2 Å². The summed E-state index contributed by atoms with van der Waals surface area (Å²) in [6.45, 7) is -0.145. The largest absolute Gasteiger partial charge is 0.480 e. The van der Waals surface area contributed by atoms with E-state index in [2.05, 4.69) is 0 Å². The molecule has 0 bridgehead atoms. The van der Waals surface area contributed by atoms with Gasteiger partial charge in [0, 0.05) is 13.0 Å². The number of benzene rings is 1. The standard InChI is InChI=1S/C13H17NO5S/c15-11-8-12(13(16)17)14(9-11)20(18,19)7-6-10-4-2-1-3-5-10/h1-5,11-12,15H,6-9H2,(H,16,17). The van der Waals surface area contributed by atoms with Crippen LogP contribution in [-0.4, -0.2) is 53.3 Å². The molecule has 0 aliphatic carbocycles. The monoisotopic (exact) mass is 299 g/mol. The molecule has 0 saturated carbocycles. The number of aliphatic hydroxyl groups excluding tert-OH is 1. The van der Waals surface area contributed by atoms with Gasteiger partial charge < -0.3 is 10.2 Å². The molecule has 1 heterocycles. The number of nitrogens with zero attached hydrogens (tertiary/aromatic N) is 1. The molecule has 1 aromatic rings. The van der Waals surface area contributed by atoms with Gasteiger partial charge in [0.25, 0.3) is 0 Å². The lowest BCUT2D eigenvalue weighted by Gasteiger charge is -2.20. The van der Waals surface area contributed by atoms with Gasteiger partial charge in [0.05, 0.1) is 11.9 Å². The molecule has 1 fully saturated rings. The number of carbonyl (C=O) groups is 1. The highest BCUT2D eigenvalue weighted by Crippen LogP contribution is 2.22. The summed E-state index contributed by atoms with van der Waals surface area (Å²) in [6.07, 6.45) is -0.648.